The molecule has 2 aliphatic heterocycles. The van der Waals surface area contributed by atoms with Gasteiger partial charge in [-0.05, 0) is 38.5 Å². The number of hydrogen-bond acceptors (Lipinski definition) is 4. The van der Waals surface area contributed by atoms with Gasteiger partial charge in [-0.2, -0.15) is 0 Å². The molecule has 2 atom stereocenters. The summed E-state index contributed by atoms with van der Waals surface area (Å²) in [5.74, 6) is -0.260. The zero-order chi connectivity index (χ0) is 19.4. The van der Waals surface area contributed by atoms with Gasteiger partial charge in [0.15, 0.2) is 0 Å². The van der Waals surface area contributed by atoms with Crippen LogP contribution in [0.5, 0.6) is 0 Å². The van der Waals surface area contributed by atoms with Crippen molar-refractivity contribution in [1.29, 1.82) is 0 Å². The first-order valence-corrected chi connectivity index (χ1v) is 10.0. The molecule has 1 aliphatic carbocycles. The second-order valence-electron chi connectivity index (χ2n) is 8.34. The Kier molecular flexibility index (Phi) is 6.01. The first-order valence-electron chi connectivity index (χ1n) is 10.0. The number of amides is 4. The molecule has 0 spiro atoms. The minimum Gasteiger partial charge on any atom is -0.356 e. The van der Waals surface area contributed by atoms with Gasteiger partial charge < -0.3 is 20.9 Å². The van der Waals surface area contributed by atoms with Crippen molar-refractivity contribution in [2.45, 2.75) is 57.9 Å². The summed E-state index contributed by atoms with van der Waals surface area (Å²) in [5, 5.41) is 8.54. The minimum absolute atomic E-state index is 0.0217. The highest BCUT2D eigenvalue weighted by atomic mass is 16.2. The van der Waals surface area contributed by atoms with Crippen LogP contribution >= 0.6 is 0 Å². The maximum Gasteiger partial charge on any atom is 0.242 e. The molecule has 0 aromatic heterocycles. The smallest absolute Gasteiger partial charge is 0.242 e. The van der Waals surface area contributed by atoms with Crippen LogP contribution in [0.15, 0.2) is 0 Å². The van der Waals surface area contributed by atoms with E-state index in [1.807, 2.05) is 6.92 Å². The summed E-state index contributed by atoms with van der Waals surface area (Å²) in [6, 6.07) is -0.120. The third-order valence-corrected chi connectivity index (χ3v) is 5.82. The van der Waals surface area contributed by atoms with Crippen molar-refractivity contribution in [1.82, 2.24) is 20.9 Å². The van der Waals surface area contributed by atoms with E-state index in [9.17, 15) is 19.2 Å². The summed E-state index contributed by atoms with van der Waals surface area (Å²) >= 11 is 0. The second kappa shape index (κ2) is 8.27. The monoisotopic (exact) mass is 378 g/mol. The Bertz CT molecular complexity index is 619. The van der Waals surface area contributed by atoms with Crippen molar-refractivity contribution in [2.24, 2.45) is 11.3 Å². The molecule has 0 radical (unpaired) electrons. The quantitative estimate of drug-likeness (QED) is 0.622. The highest BCUT2D eigenvalue weighted by Crippen LogP contribution is 2.29. The van der Waals surface area contributed by atoms with Crippen LogP contribution in [0.1, 0.15) is 51.9 Å². The van der Waals surface area contributed by atoms with Crippen molar-refractivity contribution in [3.05, 3.63) is 0 Å². The molecule has 27 heavy (non-hydrogen) atoms. The number of piperidine rings is 1. The van der Waals surface area contributed by atoms with Crippen molar-refractivity contribution < 1.29 is 19.2 Å². The summed E-state index contributed by atoms with van der Waals surface area (Å²) in [4.78, 5) is 50.4. The topological polar surface area (TPSA) is 108 Å². The molecule has 0 aromatic rings. The molecule has 3 rings (SSSR count). The highest BCUT2D eigenvalue weighted by molar-refractivity contribution is 5.90. The SMILES string of the molecule is CC1(C(=O)NC2CCCCN(C(=O)CNC(=O)C3CC3)C2)CCNC(=O)C1. The zero-order valence-corrected chi connectivity index (χ0v) is 16.0. The molecule has 8 nitrogen and oxygen atoms in total. The largest absolute Gasteiger partial charge is 0.356 e. The van der Waals surface area contributed by atoms with E-state index in [0.717, 1.165) is 32.1 Å². The van der Waals surface area contributed by atoms with Gasteiger partial charge in [0.25, 0.3) is 0 Å². The van der Waals surface area contributed by atoms with Crippen molar-refractivity contribution in [3.8, 4) is 0 Å². The molecule has 2 saturated heterocycles. The predicted molar refractivity (Wildman–Crippen MR) is 98.4 cm³/mol. The number of likely N-dealkylation sites (tertiary alicyclic amines) is 1. The fraction of sp³-hybridized carbons (Fsp3) is 0.789. The highest BCUT2D eigenvalue weighted by Gasteiger charge is 2.39. The van der Waals surface area contributed by atoms with Crippen LogP contribution in [0, 0.1) is 11.3 Å². The van der Waals surface area contributed by atoms with E-state index < -0.39 is 5.41 Å². The van der Waals surface area contributed by atoms with E-state index in [0.29, 0.717) is 26.1 Å². The third kappa shape index (κ3) is 5.20. The Balaban J connectivity index is 1.52. The van der Waals surface area contributed by atoms with Crippen LogP contribution in [-0.2, 0) is 19.2 Å². The van der Waals surface area contributed by atoms with Crippen molar-refractivity contribution >= 4 is 23.6 Å². The lowest BCUT2D eigenvalue weighted by molar-refractivity contribution is -0.139. The molecule has 150 valence electrons. The number of rotatable bonds is 5. The van der Waals surface area contributed by atoms with Gasteiger partial charge in [0.1, 0.15) is 0 Å². The summed E-state index contributed by atoms with van der Waals surface area (Å²) in [6.45, 7) is 3.46. The van der Waals surface area contributed by atoms with E-state index in [2.05, 4.69) is 16.0 Å². The lowest BCUT2D eigenvalue weighted by atomic mass is 9.79. The van der Waals surface area contributed by atoms with Gasteiger partial charge in [-0.3, -0.25) is 19.2 Å². The summed E-state index contributed by atoms with van der Waals surface area (Å²) < 4.78 is 0. The van der Waals surface area contributed by atoms with E-state index in [4.69, 9.17) is 0 Å². The summed E-state index contributed by atoms with van der Waals surface area (Å²) in [6.07, 6.45) is 5.26. The van der Waals surface area contributed by atoms with Crippen LogP contribution in [0.3, 0.4) is 0 Å². The Hall–Kier alpha value is -2.12. The molecule has 0 aromatic carbocycles. The standard InChI is InChI=1S/C19H30N4O4/c1-19(7-8-20-15(24)10-19)18(27)22-14-4-2-3-9-23(12-14)16(25)11-21-17(26)13-5-6-13/h13-14H,2-12H2,1H3,(H,20,24)(H,21,26)(H,22,27). The van der Waals surface area contributed by atoms with Gasteiger partial charge in [0.05, 0.1) is 12.0 Å². The Morgan fingerprint density at radius 3 is 2.70 bits per heavy atom. The van der Waals surface area contributed by atoms with Crippen molar-refractivity contribution in [3.63, 3.8) is 0 Å². The van der Waals surface area contributed by atoms with Gasteiger partial charge in [0.2, 0.25) is 23.6 Å². The molecule has 3 aliphatic rings. The molecule has 1 saturated carbocycles. The average Bonchev–Trinajstić information content (AvgIpc) is 3.46. The molecular weight excluding hydrogens is 348 g/mol. The van der Waals surface area contributed by atoms with Crippen LogP contribution in [0.4, 0.5) is 0 Å². The van der Waals surface area contributed by atoms with Crippen LogP contribution in [-0.4, -0.2) is 60.7 Å². The Morgan fingerprint density at radius 1 is 1.22 bits per heavy atom. The molecule has 2 heterocycles. The van der Waals surface area contributed by atoms with Crippen LogP contribution in [0.2, 0.25) is 0 Å². The van der Waals surface area contributed by atoms with Gasteiger partial charge in [-0.15, -0.1) is 0 Å². The molecule has 0 bridgehead atoms. The number of hydrogen-bond donors (Lipinski definition) is 3. The molecule has 2 unspecified atom stereocenters. The average molecular weight is 378 g/mol. The maximum atomic E-state index is 12.8. The molecule has 3 N–H and O–H groups in total. The first kappa shape index (κ1) is 19.6. The van der Waals surface area contributed by atoms with Gasteiger partial charge in [0, 0.05) is 38.0 Å². The van der Waals surface area contributed by atoms with E-state index in [1.54, 1.807) is 4.90 Å². The summed E-state index contributed by atoms with van der Waals surface area (Å²) in [5.41, 5.74) is -0.693. The lowest BCUT2D eigenvalue weighted by Gasteiger charge is -2.34. The third-order valence-electron chi connectivity index (χ3n) is 5.82. The van der Waals surface area contributed by atoms with Gasteiger partial charge in [-0.1, -0.05) is 6.92 Å². The number of nitrogens with one attached hydrogen (secondary N) is 3. The van der Waals surface area contributed by atoms with E-state index in [-0.39, 0.29) is 48.6 Å². The predicted octanol–water partition coefficient (Wildman–Crippen LogP) is -0.0738. The van der Waals surface area contributed by atoms with E-state index >= 15 is 0 Å². The molecular formula is C19H30N4O4. The molecule has 3 fully saturated rings. The number of carbonyl (C=O) groups is 4. The van der Waals surface area contributed by atoms with Crippen LogP contribution in [0.25, 0.3) is 0 Å². The normalized spacial score (nSPS) is 28.7. The lowest BCUT2D eigenvalue weighted by Crippen LogP contribution is -2.53. The summed E-state index contributed by atoms with van der Waals surface area (Å²) in [7, 11) is 0. The fourth-order valence-corrected chi connectivity index (χ4v) is 3.79. The Labute approximate surface area is 159 Å². The van der Waals surface area contributed by atoms with Gasteiger partial charge in [-0.25, -0.2) is 0 Å². The van der Waals surface area contributed by atoms with Crippen LogP contribution < -0.4 is 16.0 Å². The molecule has 4 amide bonds. The maximum absolute atomic E-state index is 12.8. The fourth-order valence-electron chi connectivity index (χ4n) is 3.79. The first-order chi connectivity index (χ1) is 12.9. The number of carbonyl (C=O) groups excluding carboxylic acids is 4. The minimum atomic E-state index is -0.693. The van der Waals surface area contributed by atoms with Gasteiger partial charge >= 0.3 is 0 Å². The number of nitrogens with zero attached hydrogens (tertiary/aromatic N) is 1. The second-order valence-corrected chi connectivity index (χ2v) is 8.34. The van der Waals surface area contributed by atoms with Crippen molar-refractivity contribution in [2.75, 3.05) is 26.2 Å². The Morgan fingerprint density at radius 2 is 2.00 bits per heavy atom. The molecule has 8 heteroatoms. The van der Waals surface area contributed by atoms with E-state index in [1.165, 1.54) is 0 Å². The zero-order valence-electron chi connectivity index (χ0n) is 16.0.